The Labute approximate surface area is 128 Å². The number of carbonyl (C=O) groups excluding carboxylic acids is 2. The van der Waals surface area contributed by atoms with Crippen molar-refractivity contribution in [3.8, 4) is 0 Å². The number of carbonyl (C=O) groups is 2. The van der Waals surface area contributed by atoms with Crippen LogP contribution in [0.5, 0.6) is 0 Å². The minimum absolute atomic E-state index is 0.0644. The summed E-state index contributed by atoms with van der Waals surface area (Å²) in [6.45, 7) is 0.399. The van der Waals surface area contributed by atoms with Gasteiger partial charge in [0.05, 0.1) is 11.7 Å². The van der Waals surface area contributed by atoms with E-state index in [1.54, 1.807) is 0 Å². The average Bonchev–Trinajstić information content (AvgIpc) is 2.30. The van der Waals surface area contributed by atoms with E-state index in [1.807, 2.05) is 0 Å². The second-order valence-electron chi connectivity index (χ2n) is 4.01. The number of hydrogen-bond donors (Lipinski definition) is 4. The van der Waals surface area contributed by atoms with Crippen molar-refractivity contribution >= 4 is 62.5 Å². The number of thiol groups is 4. The highest BCUT2D eigenvalue weighted by Crippen LogP contribution is 2.20. The van der Waals surface area contributed by atoms with Gasteiger partial charge in [0.2, 0.25) is 0 Å². The van der Waals surface area contributed by atoms with Crippen LogP contribution in [0.1, 0.15) is 19.3 Å². The summed E-state index contributed by atoms with van der Waals surface area (Å²) >= 11 is 16.3. The molecule has 0 aromatic carbocycles. The molecule has 2 saturated heterocycles. The summed E-state index contributed by atoms with van der Waals surface area (Å²) in [5.41, 5.74) is -0.208. The van der Waals surface area contributed by atoms with Crippen LogP contribution in [0.25, 0.3) is 0 Å². The van der Waals surface area contributed by atoms with Crippen LogP contribution in [0.3, 0.4) is 0 Å². The van der Waals surface area contributed by atoms with E-state index in [0.29, 0.717) is 13.0 Å². The van der Waals surface area contributed by atoms with Gasteiger partial charge in [0.15, 0.2) is 0 Å². The molecule has 0 aromatic rings. The summed E-state index contributed by atoms with van der Waals surface area (Å²) < 4.78 is 9.44. The smallest absolute Gasteiger partial charge is 0.319 e. The van der Waals surface area contributed by atoms with Gasteiger partial charge in [0.1, 0.15) is 12.0 Å². The Morgan fingerprint density at radius 3 is 2.11 bits per heavy atom. The first kappa shape index (κ1) is 16.4. The van der Waals surface area contributed by atoms with Crippen LogP contribution >= 0.6 is 50.5 Å². The molecule has 0 N–H and O–H groups in total. The third kappa shape index (κ3) is 5.54. The zero-order valence-corrected chi connectivity index (χ0v) is 13.1. The lowest BCUT2D eigenvalue weighted by Gasteiger charge is -2.22. The standard InChI is InChI=1S/2C5H8O2S2/c6-5-1-3(8)4(9)2-7-5;6-5-3(8)1-2-4(9)7-5/h2*3-4,8-9H,1-2H2. The average molecular weight is 329 g/mol. The van der Waals surface area contributed by atoms with Crippen molar-refractivity contribution < 1.29 is 19.1 Å². The number of cyclic esters (lactones) is 2. The number of esters is 2. The predicted octanol–water partition coefficient (Wildman–Crippen LogP) is 1.41. The van der Waals surface area contributed by atoms with E-state index >= 15 is 0 Å². The number of ether oxygens (including phenoxy) is 2. The van der Waals surface area contributed by atoms with Crippen molar-refractivity contribution in [1.29, 1.82) is 0 Å². The van der Waals surface area contributed by atoms with Crippen molar-refractivity contribution in [2.45, 2.75) is 40.4 Å². The quantitative estimate of drug-likeness (QED) is 0.401. The number of rotatable bonds is 0. The highest BCUT2D eigenvalue weighted by molar-refractivity contribution is 7.85. The minimum atomic E-state index is -0.246. The molecule has 2 rings (SSSR count). The zero-order valence-electron chi connectivity index (χ0n) is 9.56. The van der Waals surface area contributed by atoms with Gasteiger partial charge >= 0.3 is 11.9 Å². The molecule has 2 aliphatic rings. The molecular formula is C10H16O4S4. The topological polar surface area (TPSA) is 52.6 Å². The summed E-state index contributed by atoms with van der Waals surface area (Å²) in [5.74, 6) is -0.412. The van der Waals surface area contributed by atoms with Crippen molar-refractivity contribution in [1.82, 2.24) is 0 Å². The number of hydrogen-bond acceptors (Lipinski definition) is 8. The molecule has 2 heterocycles. The van der Waals surface area contributed by atoms with Gasteiger partial charge in [-0.15, -0.1) is 12.6 Å². The second-order valence-corrected chi connectivity index (χ2v) is 6.53. The lowest BCUT2D eigenvalue weighted by molar-refractivity contribution is -0.148. The molecule has 0 spiro atoms. The molecular weight excluding hydrogens is 312 g/mol. The first-order valence-corrected chi connectivity index (χ1v) is 7.55. The zero-order chi connectivity index (χ0) is 13.7. The summed E-state index contributed by atoms with van der Waals surface area (Å²) in [6.07, 6.45) is 1.97. The van der Waals surface area contributed by atoms with Crippen LogP contribution in [0, 0.1) is 0 Å². The maximum absolute atomic E-state index is 10.7. The van der Waals surface area contributed by atoms with E-state index in [0.717, 1.165) is 12.8 Å². The Balaban J connectivity index is 0.000000180. The normalized spacial score (nSPS) is 36.0. The third-order valence-electron chi connectivity index (χ3n) is 2.45. The SMILES string of the molecule is O=C1CC(S)C(S)CO1.O=C1OC(S)CCC1S. The Hall–Kier alpha value is 0.340. The Kier molecular flexibility index (Phi) is 7.12. The fraction of sp³-hybridized carbons (Fsp3) is 0.800. The fourth-order valence-electron chi connectivity index (χ4n) is 1.34. The van der Waals surface area contributed by atoms with Gasteiger partial charge in [-0.1, -0.05) is 0 Å². The molecule has 4 atom stereocenters. The Bertz CT molecular complexity index is 312. The summed E-state index contributed by atoms with van der Waals surface area (Å²) in [7, 11) is 0. The van der Waals surface area contributed by atoms with E-state index in [9.17, 15) is 9.59 Å². The van der Waals surface area contributed by atoms with Gasteiger partial charge in [-0.2, -0.15) is 37.9 Å². The molecule has 0 saturated carbocycles. The monoisotopic (exact) mass is 328 g/mol. The molecule has 8 heteroatoms. The van der Waals surface area contributed by atoms with E-state index in [-0.39, 0.29) is 33.1 Å². The highest BCUT2D eigenvalue weighted by Gasteiger charge is 2.25. The van der Waals surface area contributed by atoms with E-state index in [2.05, 4.69) is 50.5 Å². The van der Waals surface area contributed by atoms with Crippen molar-refractivity contribution in [3.05, 3.63) is 0 Å². The Morgan fingerprint density at radius 2 is 1.67 bits per heavy atom. The molecule has 104 valence electrons. The van der Waals surface area contributed by atoms with Crippen LogP contribution < -0.4 is 0 Å². The van der Waals surface area contributed by atoms with E-state index < -0.39 is 0 Å². The molecule has 2 aliphatic heterocycles. The minimum Gasteiger partial charge on any atom is -0.464 e. The van der Waals surface area contributed by atoms with Crippen LogP contribution in [-0.2, 0) is 19.1 Å². The first-order chi connectivity index (χ1) is 8.40. The van der Waals surface area contributed by atoms with E-state index in [4.69, 9.17) is 9.47 Å². The fourth-order valence-corrected chi connectivity index (χ4v) is 2.22. The van der Waals surface area contributed by atoms with Crippen LogP contribution in [0.4, 0.5) is 0 Å². The molecule has 4 nitrogen and oxygen atoms in total. The van der Waals surface area contributed by atoms with Crippen LogP contribution in [0.15, 0.2) is 0 Å². The van der Waals surface area contributed by atoms with Crippen LogP contribution in [0.2, 0.25) is 0 Å². The van der Waals surface area contributed by atoms with Gasteiger partial charge in [-0.05, 0) is 12.8 Å². The second kappa shape index (κ2) is 7.81. The Morgan fingerprint density at radius 1 is 1.00 bits per heavy atom. The van der Waals surface area contributed by atoms with Gasteiger partial charge in [0.25, 0.3) is 0 Å². The third-order valence-corrected chi connectivity index (χ3v) is 4.57. The van der Waals surface area contributed by atoms with Crippen molar-refractivity contribution in [3.63, 3.8) is 0 Å². The lowest BCUT2D eigenvalue weighted by Crippen LogP contribution is -2.32. The summed E-state index contributed by atoms with van der Waals surface area (Å²) in [5, 5.41) is -0.0611. The van der Waals surface area contributed by atoms with Crippen molar-refractivity contribution in [2.75, 3.05) is 6.61 Å². The molecule has 0 aromatic heterocycles. The molecule has 0 bridgehead atoms. The lowest BCUT2D eigenvalue weighted by atomic mass is 10.2. The maximum atomic E-state index is 10.7. The van der Waals surface area contributed by atoms with Gasteiger partial charge in [0, 0.05) is 10.5 Å². The maximum Gasteiger partial charge on any atom is 0.319 e. The molecule has 0 aliphatic carbocycles. The van der Waals surface area contributed by atoms with Crippen LogP contribution in [-0.4, -0.2) is 39.7 Å². The molecule has 2 fully saturated rings. The van der Waals surface area contributed by atoms with Gasteiger partial charge < -0.3 is 9.47 Å². The molecule has 0 amide bonds. The first-order valence-electron chi connectivity index (χ1n) is 5.48. The molecule has 0 radical (unpaired) electrons. The van der Waals surface area contributed by atoms with E-state index in [1.165, 1.54) is 0 Å². The van der Waals surface area contributed by atoms with Gasteiger partial charge in [-0.25, -0.2) is 0 Å². The predicted molar refractivity (Wildman–Crippen MR) is 82.0 cm³/mol. The molecule has 18 heavy (non-hydrogen) atoms. The summed E-state index contributed by atoms with van der Waals surface area (Å²) in [4.78, 5) is 21.2. The molecule has 4 unspecified atom stereocenters. The highest BCUT2D eigenvalue weighted by atomic mass is 32.1. The summed E-state index contributed by atoms with van der Waals surface area (Å²) in [6, 6.07) is 0. The van der Waals surface area contributed by atoms with Crippen molar-refractivity contribution in [2.24, 2.45) is 0 Å². The largest absolute Gasteiger partial charge is 0.464 e. The van der Waals surface area contributed by atoms with Gasteiger partial charge in [-0.3, -0.25) is 9.59 Å².